The molecule has 1 aromatic carbocycles. The predicted octanol–water partition coefficient (Wildman–Crippen LogP) is 0.947. The Labute approximate surface area is 84.5 Å². The van der Waals surface area contributed by atoms with Gasteiger partial charge in [-0.05, 0) is 31.0 Å². The van der Waals surface area contributed by atoms with Gasteiger partial charge in [0.15, 0.2) is 0 Å². The molecule has 0 amide bonds. The minimum Gasteiger partial charge on any atom is -0.491 e. The summed E-state index contributed by atoms with van der Waals surface area (Å²) < 4.78 is 5.29. The van der Waals surface area contributed by atoms with Gasteiger partial charge in [-0.15, -0.1) is 0 Å². The summed E-state index contributed by atoms with van der Waals surface area (Å²) in [4.78, 5) is 0. The molecule has 0 radical (unpaired) electrons. The molecule has 78 valence electrons. The Morgan fingerprint density at radius 3 is 2.93 bits per heavy atom. The number of rotatable bonds is 5. The van der Waals surface area contributed by atoms with Gasteiger partial charge in [-0.1, -0.05) is 12.1 Å². The van der Waals surface area contributed by atoms with E-state index in [0.29, 0.717) is 6.61 Å². The first-order valence-corrected chi connectivity index (χ1v) is 4.80. The molecule has 1 aromatic rings. The number of benzene rings is 1. The fourth-order valence-electron chi connectivity index (χ4n) is 1.30. The zero-order chi connectivity index (χ0) is 10.4. The molecule has 0 spiro atoms. The zero-order valence-corrected chi connectivity index (χ0v) is 8.44. The van der Waals surface area contributed by atoms with Crippen molar-refractivity contribution < 1.29 is 9.84 Å². The maximum Gasteiger partial charge on any atom is 0.119 e. The second kappa shape index (κ2) is 5.62. The van der Waals surface area contributed by atoms with Gasteiger partial charge in [0.25, 0.3) is 0 Å². The molecule has 1 unspecified atom stereocenters. The topological polar surface area (TPSA) is 55.5 Å². The van der Waals surface area contributed by atoms with Crippen molar-refractivity contribution in [1.29, 1.82) is 0 Å². The second-order valence-electron chi connectivity index (χ2n) is 3.40. The van der Waals surface area contributed by atoms with E-state index >= 15 is 0 Å². The summed E-state index contributed by atoms with van der Waals surface area (Å²) in [5.74, 6) is 0.789. The highest BCUT2D eigenvalue weighted by Gasteiger charge is 1.99. The molecule has 3 heteroatoms. The normalized spacial score (nSPS) is 12.5. The average Bonchev–Trinajstić information content (AvgIpc) is 2.14. The van der Waals surface area contributed by atoms with Gasteiger partial charge in [0.1, 0.15) is 12.4 Å². The molecule has 0 bridgehead atoms. The highest BCUT2D eigenvalue weighted by atomic mass is 16.5. The number of nitrogens with two attached hydrogens (primary N) is 1. The van der Waals surface area contributed by atoms with Crippen molar-refractivity contribution in [2.24, 2.45) is 5.73 Å². The van der Waals surface area contributed by atoms with Crippen molar-refractivity contribution in [1.82, 2.24) is 0 Å². The Kier molecular flexibility index (Phi) is 4.43. The van der Waals surface area contributed by atoms with Crippen LogP contribution in [0.1, 0.15) is 12.5 Å². The van der Waals surface area contributed by atoms with E-state index in [1.54, 1.807) is 0 Å². The lowest BCUT2D eigenvalue weighted by atomic mass is 10.1. The van der Waals surface area contributed by atoms with Crippen LogP contribution in [0, 0.1) is 0 Å². The quantitative estimate of drug-likeness (QED) is 0.735. The number of hydrogen-bond acceptors (Lipinski definition) is 3. The molecule has 0 aliphatic carbocycles. The monoisotopic (exact) mass is 195 g/mol. The third-order valence-corrected chi connectivity index (χ3v) is 1.82. The molecule has 0 heterocycles. The second-order valence-corrected chi connectivity index (χ2v) is 3.40. The third kappa shape index (κ3) is 3.77. The van der Waals surface area contributed by atoms with E-state index in [-0.39, 0.29) is 12.6 Å². The first-order valence-electron chi connectivity index (χ1n) is 4.80. The van der Waals surface area contributed by atoms with Gasteiger partial charge in [0, 0.05) is 6.04 Å². The lowest BCUT2D eigenvalue weighted by Gasteiger charge is -2.08. The summed E-state index contributed by atoms with van der Waals surface area (Å²) in [5, 5.41) is 8.60. The first kappa shape index (κ1) is 11.0. The van der Waals surface area contributed by atoms with E-state index in [1.165, 1.54) is 0 Å². The average molecular weight is 195 g/mol. The minimum atomic E-state index is 0.0392. The predicted molar refractivity (Wildman–Crippen MR) is 56.4 cm³/mol. The molecule has 3 N–H and O–H groups in total. The smallest absolute Gasteiger partial charge is 0.119 e. The number of hydrogen-bond donors (Lipinski definition) is 2. The Morgan fingerprint density at radius 2 is 2.29 bits per heavy atom. The molecule has 0 aromatic heterocycles. The maximum atomic E-state index is 8.60. The van der Waals surface area contributed by atoms with Gasteiger partial charge in [0.05, 0.1) is 6.61 Å². The van der Waals surface area contributed by atoms with Crippen molar-refractivity contribution in [2.45, 2.75) is 19.4 Å². The maximum absolute atomic E-state index is 8.60. The molecule has 0 saturated carbocycles. The largest absolute Gasteiger partial charge is 0.491 e. The van der Waals surface area contributed by atoms with E-state index in [4.69, 9.17) is 15.6 Å². The zero-order valence-electron chi connectivity index (χ0n) is 8.44. The van der Waals surface area contributed by atoms with Gasteiger partial charge in [0.2, 0.25) is 0 Å². The molecular weight excluding hydrogens is 178 g/mol. The summed E-state index contributed by atoms with van der Waals surface area (Å²) in [6.07, 6.45) is 0.844. The number of aliphatic hydroxyl groups is 1. The van der Waals surface area contributed by atoms with Crippen molar-refractivity contribution in [3.8, 4) is 5.75 Å². The number of ether oxygens (including phenoxy) is 1. The number of aliphatic hydroxyl groups excluding tert-OH is 1. The Bertz CT molecular complexity index is 274. The van der Waals surface area contributed by atoms with Crippen LogP contribution in [-0.4, -0.2) is 24.4 Å². The minimum absolute atomic E-state index is 0.0392. The summed E-state index contributed by atoms with van der Waals surface area (Å²) in [6, 6.07) is 7.95. The molecule has 0 fully saturated rings. The van der Waals surface area contributed by atoms with E-state index < -0.39 is 0 Å². The molecule has 1 rings (SSSR count). The van der Waals surface area contributed by atoms with Crippen LogP contribution in [0.4, 0.5) is 0 Å². The van der Waals surface area contributed by atoms with Gasteiger partial charge in [-0.2, -0.15) is 0 Å². The first-order chi connectivity index (χ1) is 6.72. The Balaban J connectivity index is 2.59. The van der Waals surface area contributed by atoms with Crippen LogP contribution in [0.3, 0.4) is 0 Å². The summed E-state index contributed by atoms with van der Waals surface area (Å²) in [6.45, 7) is 2.35. The summed E-state index contributed by atoms with van der Waals surface area (Å²) >= 11 is 0. The fourth-order valence-corrected chi connectivity index (χ4v) is 1.30. The lowest BCUT2D eigenvalue weighted by molar-refractivity contribution is 0.201. The van der Waals surface area contributed by atoms with Crippen molar-refractivity contribution in [3.63, 3.8) is 0 Å². The van der Waals surface area contributed by atoms with E-state index in [2.05, 4.69) is 0 Å². The van der Waals surface area contributed by atoms with Gasteiger partial charge in [-0.25, -0.2) is 0 Å². The Hall–Kier alpha value is -1.06. The van der Waals surface area contributed by atoms with Crippen LogP contribution >= 0.6 is 0 Å². The fraction of sp³-hybridized carbons (Fsp3) is 0.455. The van der Waals surface area contributed by atoms with Crippen molar-refractivity contribution >= 4 is 0 Å². The van der Waals surface area contributed by atoms with Crippen LogP contribution in [0.2, 0.25) is 0 Å². The SMILES string of the molecule is CC(N)Cc1cccc(OCCO)c1. The van der Waals surface area contributed by atoms with Crippen molar-refractivity contribution in [2.75, 3.05) is 13.2 Å². The standard InChI is InChI=1S/C11H17NO2/c1-9(12)7-10-3-2-4-11(8-10)14-6-5-13/h2-4,8-9,13H,5-7,12H2,1H3. The molecule has 3 nitrogen and oxygen atoms in total. The van der Waals surface area contributed by atoms with Gasteiger partial charge in [-0.3, -0.25) is 0 Å². The van der Waals surface area contributed by atoms with E-state index in [9.17, 15) is 0 Å². The van der Waals surface area contributed by atoms with E-state index in [0.717, 1.165) is 17.7 Å². The molecule has 14 heavy (non-hydrogen) atoms. The molecule has 1 atom stereocenters. The summed E-state index contributed by atoms with van der Waals surface area (Å²) in [7, 11) is 0. The van der Waals surface area contributed by atoms with Crippen LogP contribution < -0.4 is 10.5 Å². The van der Waals surface area contributed by atoms with Crippen LogP contribution in [0.15, 0.2) is 24.3 Å². The molecule has 0 aliphatic rings. The highest BCUT2D eigenvalue weighted by Crippen LogP contribution is 2.14. The Morgan fingerprint density at radius 1 is 1.50 bits per heavy atom. The van der Waals surface area contributed by atoms with Crippen LogP contribution in [0.5, 0.6) is 5.75 Å². The summed E-state index contributed by atoms with van der Waals surface area (Å²) in [5.41, 5.74) is 6.86. The molecule has 0 aliphatic heterocycles. The van der Waals surface area contributed by atoms with Gasteiger partial charge < -0.3 is 15.6 Å². The van der Waals surface area contributed by atoms with E-state index in [1.807, 2.05) is 31.2 Å². The lowest BCUT2D eigenvalue weighted by Crippen LogP contribution is -2.17. The van der Waals surface area contributed by atoms with Crippen molar-refractivity contribution in [3.05, 3.63) is 29.8 Å². The van der Waals surface area contributed by atoms with Crippen LogP contribution in [-0.2, 0) is 6.42 Å². The van der Waals surface area contributed by atoms with Crippen LogP contribution in [0.25, 0.3) is 0 Å². The van der Waals surface area contributed by atoms with Gasteiger partial charge >= 0.3 is 0 Å². The third-order valence-electron chi connectivity index (χ3n) is 1.82. The highest BCUT2D eigenvalue weighted by molar-refractivity contribution is 5.28. The molecule has 0 saturated heterocycles. The molecular formula is C11H17NO2.